The van der Waals surface area contributed by atoms with E-state index in [1.165, 1.54) is 0 Å². The van der Waals surface area contributed by atoms with Gasteiger partial charge in [0.15, 0.2) is 11.5 Å². The lowest BCUT2D eigenvalue weighted by molar-refractivity contribution is 0.145. The first kappa shape index (κ1) is 9.04. The average Bonchev–Trinajstić information content (AvgIpc) is 3.01. The predicted octanol–water partition coefficient (Wildman–Crippen LogP) is 1.83. The van der Waals surface area contributed by atoms with E-state index in [2.05, 4.69) is 0 Å². The first-order valence-corrected chi connectivity index (χ1v) is 5.41. The lowest BCUT2D eigenvalue weighted by atomic mass is 10.1. The van der Waals surface area contributed by atoms with Crippen LogP contribution in [-0.2, 0) is 5.60 Å². The number of aliphatic hydroxyl groups is 1. The van der Waals surface area contributed by atoms with E-state index in [-0.39, 0.29) is 0 Å². The maximum atomic E-state index is 10.1. The summed E-state index contributed by atoms with van der Waals surface area (Å²) in [5.41, 5.74) is 0.237. The summed E-state index contributed by atoms with van der Waals surface area (Å²) in [5, 5.41) is 10.1. The van der Waals surface area contributed by atoms with Crippen LogP contribution in [0.3, 0.4) is 0 Å². The lowest BCUT2D eigenvalue weighted by Gasteiger charge is -2.15. The molecule has 0 unspecified atom stereocenters. The molecule has 1 saturated carbocycles. The molecular weight excluding hydrogens is 192 g/mol. The molecule has 1 aromatic carbocycles. The topological polar surface area (TPSA) is 38.7 Å². The average molecular weight is 206 g/mol. The number of ether oxygens (including phenoxy) is 2. The van der Waals surface area contributed by atoms with Crippen molar-refractivity contribution in [1.29, 1.82) is 0 Å². The van der Waals surface area contributed by atoms with Crippen molar-refractivity contribution in [3.05, 3.63) is 23.8 Å². The summed E-state index contributed by atoms with van der Waals surface area (Å²) in [4.78, 5) is 0. The molecule has 15 heavy (non-hydrogen) atoms. The van der Waals surface area contributed by atoms with Gasteiger partial charge in [0, 0.05) is 12.0 Å². The van der Waals surface area contributed by atoms with E-state index in [1.54, 1.807) is 0 Å². The fourth-order valence-electron chi connectivity index (χ4n) is 1.95. The van der Waals surface area contributed by atoms with Crippen LogP contribution in [0.4, 0.5) is 0 Å². The SMILES string of the molecule is OC1(c2cccc3c2OCCCO3)CC1. The molecule has 3 heteroatoms. The molecular formula is C12H14O3. The summed E-state index contributed by atoms with van der Waals surface area (Å²) in [6.07, 6.45) is 2.55. The van der Waals surface area contributed by atoms with Crippen molar-refractivity contribution in [1.82, 2.24) is 0 Å². The van der Waals surface area contributed by atoms with Crippen LogP contribution in [0.15, 0.2) is 18.2 Å². The quantitative estimate of drug-likeness (QED) is 0.761. The maximum absolute atomic E-state index is 10.1. The zero-order valence-corrected chi connectivity index (χ0v) is 8.53. The molecule has 1 N–H and O–H groups in total. The van der Waals surface area contributed by atoms with Gasteiger partial charge in [-0.05, 0) is 18.9 Å². The third-order valence-electron chi connectivity index (χ3n) is 3.00. The Morgan fingerprint density at radius 1 is 1.13 bits per heavy atom. The second-order valence-corrected chi connectivity index (χ2v) is 4.21. The molecule has 0 atom stereocenters. The summed E-state index contributed by atoms with van der Waals surface area (Å²) in [6, 6.07) is 5.75. The Morgan fingerprint density at radius 3 is 2.73 bits per heavy atom. The van der Waals surface area contributed by atoms with Crippen molar-refractivity contribution >= 4 is 0 Å². The maximum Gasteiger partial charge on any atom is 0.167 e. The number of rotatable bonds is 1. The highest BCUT2D eigenvalue weighted by molar-refractivity contribution is 5.51. The number of para-hydroxylation sites is 1. The molecule has 3 nitrogen and oxygen atoms in total. The van der Waals surface area contributed by atoms with Gasteiger partial charge in [-0.25, -0.2) is 0 Å². The highest BCUT2D eigenvalue weighted by atomic mass is 16.5. The van der Waals surface area contributed by atoms with Crippen LogP contribution in [-0.4, -0.2) is 18.3 Å². The minimum Gasteiger partial charge on any atom is -0.490 e. The van der Waals surface area contributed by atoms with Crippen molar-refractivity contribution in [2.45, 2.75) is 24.9 Å². The van der Waals surface area contributed by atoms with Gasteiger partial charge >= 0.3 is 0 Å². The summed E-state index contributed by atoms with van der Waals surface area (Å²) in [6.45, 7) is 1.36. The van der Waals surface area contributed by atoms with Gasteiger partial charge in [-0.1, -0.05) is 12.1 Å². The fourth-order valence-corrected chi connectivity index (χ4v) is 1.95. The molecule has 0 saturated heterocycles. The Labute approximate surface area is 88.6 Å². The van der Waals surface area contributed by atoms with Crippen LogP contribution in [0.2, 0.25) is 0 Å². The van der Waals surface area contributed by atoms with Crippen LogP contribution < -0.4 is 9.47 Å². The van der Waals surface area contributed by atoms with E-state index in [1.807, 2.05) is 18.2 Å². The van der Waals surface area contributed by atoms with Crippen molar-refractivity contribution in [3.8, 4) is 11.5 Å². The Kier molecular flexibility index (Phi) is 1.89. The molecule has 1 fully saturated rings. The highest BCUT2D eigenvalue weighted by Crippen LogP contribution is 2.51. The van der Waals surface area contributed by atoms with E-state index in [0.29, 0.717) is 13.2 Å². The van der Waals surface area contributed by atoms with E-state index in [9.17, 15) is 5.11 Å². The van der Waals surface area contributed by atoms with Gasteiger partial charge in [0.2, 0.25) is 0 Å². The fraction of sp³-hybridized carbons (Fsp3) is 0.500. The Hall–Kier alpha value is -1.22. The normalized spacial score (nSPS) is 21.9. The Bertz CT molecular complexity index is 382. The largest absolute Gasteiger partial charge is 0.490 e. The smallest absolute Gasteiger partial charge is 0.167 e. The van der Waals surface area contributed by atoms with Gasteiger partial charge in [-0.2, -0.15) is 0 Å². The van der Waals surface area contributed by atoms with Gasteiger partial charge < -0.3 is 14.6 Å². The van der Waals surface area contributed by atoms with Crippen LogP contribution in [0, 0.1) is 0 Å². The molecule has 0 spiro atoms. The molecule has 0 aromatic heterocycles. The first-order valence-electron chi connectivity index (χ1n) is 5.41. The molecule has 0 radical (unpaired) electrons. The van der Waals surface area contributed by atoms with E-state index in [4.69, 9.17) is 9.47 Å². The molecule has 1 aliphatic carbocycles. The molecule has 2 aliphatic rings. The van der Waals surface area contributed by atoms with Crippen molar-refractivity contribution < 1.29 is 14.6 Å². The number of fused-ring (bicyclic) bond motifs is 1. The van der Waals surface area contributed by atoms with Gasteiger partial charge in [0.25, 0.3) is 0 Å². The van der Waals surface area contributed by atoms with Gasteiger partial charge in [0.05, 0.1) is 18.8 Å². The van der Waals surface area contributed by atoms with Crippen LogP contribution >= 0.6 is 0 Å². The van der Waals surface area contributed by atoms with Crippen molar-refractivity contribution in [2.24, 2.45) is 0 Å². The zero-order valence-electron chi connectivity index (χ0n) is 8.53. The number of benzene rings is 1. The third-order valence-corrected chi connectivity index (χ3v) is 3.00. The van der Waals surface area contributed by atoms with Crippen LogP contribution in [0.1, 0.15) is 24.8 Å². The van der Waals surface area contributed by atoms with Crippen molar-refractivity contribution in [3.63, 3.8) is 0 Å². The minimum absolute atomic E-state index is 0.654. The molecule has 1 aromatic rings. The summed E-state index contributed by atoms with van der Waals surface area (Å²) in [5.74, 6) is 1.51. The first-order chi connectivity index (χ1) is 7.30. The van der Waals surface area contributed by atoms with Crippen molar-refractivity contribution in [2.75, 3.05) is 13.2 Å². The molecule has 0 bridgehead atoms. The van der Waals surface area contributed by atoms with E-state index < -0.39 is 5.60 Å². The molecule has 0 amide bonds. The second kappa shape index (κ2) is 3.14. The van der Waals surface area contributed by atoms with E-state index in [0.717, 1.165) is 36.3 Å². The molecule has 1 heterocycles. The zero-order chi connectivity index (χ0) is 10.3. The monoisotopic (exact) mass is 206 g/mol. The highest BCUT2D eigenvalue weighted by Gasteiger charge is 2.45. The standard InChI is InChI=1S/C12H14O3/c13-12(5-6-12)9-3-1-4-10-11(9)15-8-2-7-14-10/h1,3-4,13H,2,5-8H2. The van der Waals surface area contributed by atoms with Crippen LogP contribution in [0.5, 0.6) is 11.5 Å². The lowest BCUT2D eigenvalue weighted by Crippen LogP contribution is -2.08. The predicted molar refractivity (Wildman–Crippen MR) is 55.2 cm³/mol. The third kappa shape index (κ3) is 1.47. The molecule has 3 rings (SSSR count). The van der Waals surface area contributed by atoms with Gasteiger partial charge in [-0.15, -0.1) is 0 Å². The summed E-state index contributed by atoms with van der Waals surface area (Å²) in [7, 11) is 0. The van der Waals surface area contributed by atoms with E-state index >= 15 is 0 Å². The molecule has 1 aliphatic heterocycles. The van der Waals surface area contributed by atoms with Crippen LogP contribution in [0.25, 0.3) is 0 Å². The van der Waals surface area contributed by atoms with Gasteiger partial charge in [-0.3, -0.25) is 0 Å². The number of hydrogen-bond donors (Lipinski definition) is 1. The number of hydrogen-bond acceptors (Lipinski definition) is 3. The summed E-state index contributed by atoms with van der Waals surface area (Å²) >= 11 is 0. The second-order valence-electron chi connectivity index (χ2n) is 4.21. The Balaban J connectivity index is 2.07. The summed E-state index contributed by atoms with van der Waals surface area (Å²) < 4.78 is 11.2. The molecule has 80 valence electrons. The minimum atomic E-state index is -0.654. The Morgan fingerprint density at radius 2 is 1.93 bits per heavy atom. The van der Waals surface area contributed by atoms with Gasteiger partial charge in [0.1, 0.15) is 0 Å².